The van der Waals surface area contributed by atoms with E-state index in [1.54, 1.807) is 6.26 Å². The summed E-state index contributed by atoms with van der Waals surface area (Å²) in [6, 6.07) is 15.9. The van der Waals surface area contributed by atoms with Crippen LogP contribution >= 0.6 is 23.2 Å². The van der Waals surface area contributed by atoms with Crippen molar-refractivity contribution in [3.63, 3.8) is 0 Å². The van der Waals surface area contributed by atoms with Gasteiger partial charge in [-0.05, 0) is 42.5 Å². The lowest BCUT2D eigenvalue weighted by atomic mass is 10.1. The zero-order valence-electron chi connectivity index (χ0n) is 13.2. The van der Waals surface area contributed by atoms with Crippen LogP contribution in [0.25, 0.3) is 16.5 Å². The van der Waals surface area contributed by atoms with Gasteiger partial charge in [0.25, 0.3) is 0 Å². The number of hydrogen-bond donors (Lipinski definition) is 1. The fraction of sp³-hybridized carbons (Fsp3) is 0.100. The van der Waals surface area contributed by atoms with Gasteiger partial charge < -0.3 is 8.98 Å². The Bertz CT molecular complexity index is 1100. The van der Waals surface area contributed by atoms with Gasteiger partial charge in [-0.2, -0.15) is 0 Å². The number of nitrogens with zero attached hydrogens (tertiary/aromatic N) is 1. The lowest BCUT2D eigenvalue weighted by molar-refractivity contribution is 0.448. The van der Waals surface area contributed by atoms with Crippen LogP contribution in [-0.4, -0.2) is 4.57 Å². The highest BCUT2D eigenvalue weighted by Crippen LogP contribution is 2.36. The minimum atomic E-state index is -0.0721. The third-order valence-corrected chi connectivity index (χ3v) is 5.36. The Morgan fingerprint density at radius 3 is 2.92 bits per heavy atom. The number of aromatic nitrogens is 1. The van der Waals surface area contributed by atoms with E-state index in [1.807, 2.05) is 36.4 Å². The van der Waals surface area contributed by atoms with Gasteiger partial charge in [-0.3, -0.25) is 5.32 Å². The normalized spacial score (nSPS) is 16.5. The number of halogens is 2. The van der Waals surface area contributed by atoms with Crippen LogP contribution in [0.1, 0.15) is 23.1 Å². The van der Waals surface area contributed by atoms with Crippen LogP contribution < -0.4 is 5.32 Å². The topological polar surface area (TPSA) is 30.1 Å². The van der Waals surface area contributed by atoms with Crippen molar-refractivity contribution in [2.75, 3.05) is 0 Å². The number of nitrogens with one attached hydrogen (secondary N) is 1. The first-order valence-corrected chi connectivity index (χ1v) is 8.83. The summed E-state index contributed by atoms with van der Waals surface area (Å²) in [6.45, 7) is 0.664. The van der Waals surface area contributed by atoms with Crippen molar-refractivity contribution in [1.82, 2.24) is 9.88 Å². The maximum absolute atomic E-state index is 6.44. The molecule has 3 nitrogen and oxygen atoms in total. The molecule has 1 N–H and O–H groups in total. The lowest BCUT2D eigenvalue weighted by Crippen LogP contribution is -2.21. The molecule has 0 fully saturated rings. The number of hydrogen-bond acceptors (Lipinski definition) is 2. The summed E-state index contributed by atoms with van der Waals surface area (Å²) in [5.74, 6) is 0.885. The second kappa shape index (κ2) is 5.67. The van der Waals surface area contributed by atoms with Gasteiger partial charge in [0.1, 0.15) is 11.8 Å². The van der Waals surface area contributed by atoms with Crippen molar-refractivity contribution in [3.05, 3.63) is 88.1 Å². The van der Waals surface area contributed by atoms with Crippen molar-refractivity contribution < 1.29 is 4.42 Å². The van der Waals surface area contributed by atoms with Crippen LogP contribution in [0.15, 0.2) is 65.4 Å². The standard InChI is InChI=1S/C20H14Cl2N2O/c21-13-6-7-14-12(9-13)11-25-20(14)19-18-5-2-8-24(18)17-4-1-3-16(22)15(17)10-23-19/h1-9,11,19,23H,10H2. The summed E-state index contributed by atoms with van der Waals surface area (Å²) in [7, 11) is 0. The predicted octanol–water partition coefficient (Wildman–Crippen LogP) is 5.72. The van der Waals surface area contributed by atoms with E-state index >= 15 is 0 Å². The van der Waals surface area contributed by atoms with E-state index in [0.29, 0.717) is 11.6 Å². The van der Waals surface area contributed by atoms with Crippen molar-refractivity contribution in [2.45, 2.75) is 12.6 Å². The Labute approximate surface area is 154 Å². The molecule has 0 spiro atoms. The van der Waals surface area contributed by atoms with E-state index in [4.69, 9.17) is 27.6 Å². The minimum Gasteiger partial charge on any atom is -0.466 e. The van der Waals surface area contributed by atoms with Crippen LogP contribution in [0.4, 0.5) is 0 Å². The van der Waals surface area contributed by atoms with Crippen molar-refractivity contribution in [3.8, 4) is 5.69 Å². The zero-order valence-corrected chi connectivity index (χ0v) is 14.7. The first-order valence-electron chi connectivity index (χ1n) is 8.07. The largest absolute Gasteiger partial charge is 0.466 e. The molecule has 1 atom stereocenters. The highest BCUT2D eigenvalue weighted by atomic mass is 35.5. The molecule has 25 heavy (non-hydrogen) atoms. The SMILES string of the molecule is Clc1ccc2c(C3NCc4c(Cl)cccc4-n4cccc43)occ2c1. The Kier molecular flexibility index (Phi) is 3.42. The Morgan fingerprint density at radius 2 is 2.00 bits per heavy atom. The third-order valence-electron chi connectivity index (χ3n) is 4.77. The van der Waals surface area contributed by atoms with Gasteiger partial charge in [0.2, 0.25) is 0 Å². The summed E-state index contributed by atoms with van der Waals surface area (Å²) in [4.78, 5) is 0. The van der Waals surface area contributed by atoms with E-state index < -0.39 is 0 Å². The molecule has 0 aliphatic carbocycles. The van der Waals surface area contributed by atoms with Crippen molar-refractivity contribution in [1.29, 1.82) is 0 Å². The van der Waals surface area contributed by atoms with Gasteiger partial charge in [0, 0.05) is 44.8 Å². The van der Waals surface area contributed by atoms with Crippen LogP contribution in [0.3, 0.4) is 0 Å². The van der Waals surface area contributed by atoms with Crippen molar-refractivity contribution >= 4 is 34.0 Å². The zero-order chi connectivity index (χ0) is 17.0. The molecule has 1 aliphatic rings. The van der Waals surface area contributed by atoms with Crippen LogP contribution in [-0.2, 0) is 6.54 Å². The number of furan rings is 1. The molecule has 124 valence electrons. The van der Waals surface area contributed by atoms with Crippen LogP contribution in [0.5, 0.6) is 0 Å². The first kappa shape index (κ1) is 15.1. The van der Waals surface area contributed by atoms with Crippen molar-refractivity contribution in [2.24, 2.45) is 0 Å². The molecule has 0 saturated heterocycles. The average molecular weight is 369 g/mol. The quantitative estimate of drug-likeness (QED) is 0.465. The second-order valence-corrected chi connectivity index (χ2v) is 7.03. The molecule has 1 unspecified atom stereocenters. The van der Waals surface area contributed by atoms with Gasteiger partial charge in [-0.25, -0.2) is 0 Å². The maximum Gasteiger partial charge on any atom is 0.134 e. The molecule has 0 amide bonds. The summed E-state index contributed by atoms with van der Waals surface area (Å²) in [5, 5.41) is 7.13. The van der Waals surface area contributed by atoms with E-state index in [-0.39, 0.29) is 6.04 Å². The molecule has 2 aromatic carbocycles. The summed E-state index contributed by atoms with van der Waals surface area (Å²) >= 11 is 12.5. The fourth-order valence-corrected chi connectivity index (χ4v) is 4.02. The summed E-state index contributed by atoms with van der Waals surface area (Å²) in [6.07, 6.45) is 3.82. The third kappa shape index (κ3) is 2.31. The monoisotopic (exact) mass is 368 g/mol. The average Bonchev–Trinajstić information content (AvgIpc) is 3.21. The van der Waals surface area contributed by atoms with Crippen LogP contribution in [0.2, 0.25) is 10.0 Å². The summed E-state index contributed by atoms with van der Waals surface area (Å²) in [5.41, 5.74) is 3.30. The Balaban J connectivity index is 1.71. The lowest BCUT2D eigenvalue weighted by Gasteiger charge is -2.15. The van der Waals surface area contributed by atoms with Gasteiger partial charge in [0.05, 0.1) is 12.0 Å². The first-order chi connectivity index (χ1) is 12.2. The molecule has 2 aromatic heterocycles. The molecular weight excluding hydrogens is 355 g/mol. The maximum atomic E-state index is 6.44. The van der Waals surface area contributed by atoms with E-state index in [1.165, 1.54) is 0 Å². The molecule has 0 saturated carbocycles. The van der Waals surface area contributed by atoms with Crippen LogP contribution in [0, 0.1) is 0 Å². The number of rotatable bonds is 1. The van der Waals surface area contributed by atoms with Gasteiger partial charge in [-0.15, -0.1) is 0 Å². The molecule has 5 heteroatoms. The molecular formula is C20H14Cl2N2O. The Hall–Kier alpha value is -2.20. The number of fused-ring (bicyclic) bond motifs is 4. The van der Waals surface area contributed by atoms with E-state index in [2.05, 4.69) is 28.2 Å². The smallest absolute Gasteiger partial charge is 0.134 e. The van der Waals surface area contributed by atoms with E-state index in [0.717, 1.165) is 38.5 Å². The second-order valence-electron chi connectivity index (χ2n) is 6.19. The number of benzene rings is 2. The molecule has 1 aliphatic heterocycles. The van der Waals surface area contributed by atoms with Gasteiger partial charge in [0.15, 0.2) is 0 Å². The molecule has 0 radical (unpaired) electrons. The molecule has 4 aromatic rings. The highest BCUT2D eigenvalue weighted by Gasteiger charge is 2.27. The summed E-state index contributed by atoms with van der Waals surface area (Å²) < 4.78 is 8.13. The molecule has 3 heterocycles. The fourth-order valence-electron chi connectivity index (χ4n) is 3.60. The highest BCUT2D eigenvalue weighted by molar-refractivity contribution is 6.31. The molecule has 0 bridgehead atoms. The molecule has 5 rings (SSSR count). The Morgan fingerprint density at radius 1 is 1.08 bits per heavy atom. The minimum absolute atomic E-state index is 0.0721. The van der Waals surface area contributed by atoms with Gasteiger partial charge >= 0.3 is 0 Å². The van der Waals surface area contributed by atoms with E-state index in [9.17, 15) is 0 Å². The van der Waals surface area contributed by atoms with Gasteiger partial charge in [-0.1, -0.05) is 29.3 Å². The predicted molar refractivity (Wildman–Crippen MR) is 101 cm³/mol.